The van der Waals surface area contributed by atoms with Gasteiger partial charge in [-0.3, -0.25) is 4.79 Å². The van der Waals surface area contributed by atoms with Gasteiger partial charge in [0.2, 0.25) is 0 Å². The first-order valence-corrected chi connectivity index (χ1v) is 7.73. The number of sulfonamides is 1. The van der Waals surface area contributed by atoms with Crippen LogP contribution in [0, 0.1) is 6.92 Å². The lowest BCUT2D eigenvalue weighted by molar-refractivity contribution is 0.0950. The number of carbonyl (C=O) groups excluding carboxylic acids is 1. The highest BCUT2D eigenvalue weighted by atomic mass is 32.2. The Hall–Kier alpha value is -2.25. The topological polar surface area (TPSA) is 102 Å². The minimum Gasteiger partial charge on any atom is -0.348 e. The lowest BCUT2D eigenvalue weighted by Crippen LogP contribution is -2.23. The van der Waals surface area contributed by atoms with Crippen LogP contribution >= 0.6 is 0 Å². The fourth-order valence-electron chi connectivity index (χ4n) is 1.75. The molecule has 0 atom stereocenters. The second-order valence-electron chi connectivity index (χ2n) is 4.60. The number of pyridine rings is 1. The van der Waals surface area contributed by atoms with Crippen molar-refractivity contribution < 1.29 is 13.2 Å². The molecule has 2 rings (SSSR count). The summed E-state index contributed by atoms with van der Waals surface area (Å²) in [5.41, 5.74) is 2.26. The predicted octanol–water partition coefficient (Wildman–Crippen LogP) is 0.967. The van der Waals surface area contributed by atoms with E-state index < -0.39 is 10.0 Å². The molecular weight excluding hydrogens is 290 g/mol. The van der Waals surface area contributed by atoms with Crippen LogP contribution in [0.4, 0.5) is 0 Å². The Balaban J connectivity index is 2.02. The highest BCUT2D eigenvalue weighted by molar-refractivity contribution is 7.89. The molecule has 0 radical (unpaired) electrons. The van der Waals surface area contributed by atoms with Crippen LogP contribution in [0.3, 0.4) is 0 Å². The van der Waals surface area contributed by atoms with Crippen LogP contribution in [0.25, 0.3) is 0 Å². The number of benzene rings is 1. The molecule has 0 aliphatic carbocycles. The number of amides is 1. The third-order valence-corrected chi connectivity index (χ3v) is 3.65. The molecule has 0 fully saturated rings. The van der Waals surface area contributed by atoms with Gasteiger partial charge in [-0.25, -0.2) is 18.5 Å². The number of aromatic nitrogens is 1. The van der Waals surface area contributed by atoms with E-state index in [9.17, 15) is 13.2 Å². The molecule has 110 valence electrons. The fourth-order valence-corrected chi connectivity index (χ4v) is 2.21. The highest BCUT2D eigenvalue weighted by Crippen LogP contribution is 2.06. The Kier molecular flexibility index (Phi) is 4.35. The van der Waals surface area contributed by atoms with Crippen LogP contribution in [0.2, 0.25) is 0 Å². The predicted molar refractivity (Wildman–Crippen MR) is 78.0 cm³/mol. The quantitative estimate of drug-likeness (QED) is 0.878. The second-order valence-corrected chi connectivity index (χ2v) is 6.11. The minimum atomic E-state index is -3.80. The van der Waals surface area contributed by atoms with Crippen LogP contribution < -0.4 is 10.5 Å². The van der Waals surface area contributed by atoms with E-state index in [1.165, 1.54) is 12.3 Å². The van der Waals surface area contributed by atoms with E-state index in [2.05, 4.69) is 10.3 Å². The number of nitrogens with two attached hydrogens (primary N) is 1. The van der Waals surface area contributed by atoms with Crippen molar-refractivity contribution in [2.45, 2.75) is 18.5 Å². The van der Waals surface area contributed by atoms with E-state index in [1.54, 1.807) is 18.2 Å². The van der Waals surface area contributed by atoms with Gasteiger partial charge < -0.3 is 5.32 Å². The Morgan fingerprint density at radius 2 is 2.05 bits per heavy atom. The molecular formula is C14H15N3O3S. The number of hydrogen-bond donors (Lipinski definition) is 2. The Morgan fingerprint density at radius 3 is 2.62 bits per heavy atom. The summed E-state index contributed by atoms with van der Waals surface area (Å²) >= 11 is 0. The van der Waals surface area contributed by atoms with Crippen molar-refractivity contribution in [1.29, 1.82) is 0 Å². The molecule has 3 N–H and O–H groups in total. The van der Waals surface area contributed by atoms with E-state index in [0.29, 0.717) is 11.1 Å². The lowest BCUT2D eigenvalue weighted by Gasteiger charge is -2.06. The summed E-state index contributed by atoms with van der Waals surface area (Å²) < 4.78 is 22.1. The summed E-state index contributed by atoms with van der Waals surface area (Å²) in [5, 5.41) is 7.50. The van der Waals surface area contributed by atoms with Gasteiger partial charge in [-0.15, -0.1) is 0 Å². The number of hydrogen-bond acceptors (Lipinski definition) is 4. The number of nitrogens with zero attached hydrogens (tertiary/aromatic N) is 1. The number of aryl methyl sites for hydroxylation is 1. The summed E-state index contributed by atoms with van der Waals surface area (Å²) in [6, 6.07) is 10.1. The zero-order valence-electron chi connectivity index (χ0n) is 11.4. The Morgan fingerprint density at radius 1 is 1.29 bits per heavy atom. The molecule has 1 heterocycles. The lowest BCUT2D eigenvalue weighted by atomic mass is 10.1. The molecule has 2 aromatic rings. The third kappa shape index (κ3) is 4.11. The first-order chi connectivity index (χ1) is 9.86. The molecule has 0 saturated carbocycles. The molecule has 0 aliphatic heterocycles. The van der Waals surface area contributed by atoms with Crippen LogP contribution in [-0.4, -0.2) is 19.3 Å². The minimum absolute atomic E-state index is 0.198. The normalized spacial score (nSPS) is 11.1. The van der Waals surface area contributed by atoms with Gasteiger partial charge >= 0.3 is 0 Å². The number of nitrogens with one attached hydrogen (secondary N) is 1. The summed E-state index contributed by atoms with van der Waals surface area (Å²) in [4.78, 5) is 15.7. The van der Waals surface area contributed by atoms with Crippen molar-refractivity contribution in [3.8, 4) is 0 Å². The van der Waals surface area contributed by atoms with Gasteiger partial charge in [0, 0.05) is 18.3 Å². The molecule has 0 spiro atoms. The first kappa shape index (κ1) is 15.1. The zero-order valence-corrected chi connectivity index (χ0v) is 12.2. The largest absolute Gasteiger partial charge is 0.348 e. The molecule has 0 aliphatic rings. The summed E-state index contributed by atoms with van der Waals surface area (Å²) in [7, 11) is -3.80. The molecule has 7 heteroatoms. The maximum Gasteiger partial charge on any atom is 0.255 e. The van der Waals surface area contributed by atoms with E-state index in [0.717, 1.165) is 5.56 Å². The molecule has 1 amide bonds. The molecule has 1 aromatic heterocycles. The van der Waals surface area contributed by atoms with E-state index in [4.69, 9.17) is 5.14 Å². The third-order valence-electron chi connectivity index (χ3n) is 2.82. The van der Waals surface area contributed by atoms with Crippen molar-refractivity contribution in [2.24, 2.45) is 5.14 Å². The number of primary sulfonamides is 1. The molecule has 1 aromatic carbocycles. The van der Waals surface area contributed by atoms with Crippen molar-refractivity contribution >= 4 is 15.9 Å². The van der Waals surface area contributed by atoms with Gasteiger partial charge in [0.1, 0.15) is 0 Å². The van der Waals surface area contributed by atoms with E-state index in [-0.39, 0.29) is 17.5 Å². The highest BCUT2D eigenvalue weighted by Gasteiger charge is 2.09. The Bertz CT molecular complexity index is 755. The van der Waals surface area contributed by atoms with Gasteiger partial charge in [0.05, 0.1) is 0 Å². The van der Waals surface area contributed by atoms with Gasteiger partial charge in [-0.05, 0) is 30.7 Å². The smallest absolute Gasteiger partial charge is 0.255 e. The monoisotopic (exact) mass is 305 g/mol. The van der Waals surface area contributed by atoms with Crippen LogP contribution in [0.5, 0.6) is 0 Å². The number of carbonyl (C=O) groups is 1. The standard InChI is InChI=1S/C14H15N3O3S/c1-10-3-2-4-12(7-10)14(18)17-9-11-5-6-13(16-8-11)21(15,19)20/h2-8H,9H2,1H3,(H,17,18)(H2,15,19,20). The van der Waals surface area contributed by atoms with Crippen molar-refractivity contribution in [2.75, 3.05) is 0 Å². The summed E-state index contributed by atoms with van der Waals surface area (Å²) in [6.45, 7) is 2.16. The summed E-state index contributed by atoms with van der Waals surface area (Å²) in [5.74, 6) is -0.200. The zero-order chi connectivity index (χ0) is 15.5. The first-order valence-electron chi connectivity index (χ1n) is 6.19. The average Bonchev–Trinajstić information content (AvgIpc) is 2.44. The molecule has 0 unspecified atom stereocenters. The van der Waals surface area contributed by atoms with Crippen molar-refractivity contribution in [3.63, 3.8) is 0 Å². The number of rotatable bonds is 4. The van der Waals surface area contributed by atoms with Crippen LogP contribution in [-0.2, 0) is 16.6 Å². The van der Waals surface area contributed by atoms with Crippen LogP contribution in [0.15, 0.2) is 47.6 Å². The average molecular weight is 305 g/mol. The van der Waals surface area contributed by atoms with Gasteiger partial charge in [0.25, 0.3) is 15.9 Å². The summed E-state index contributed by atoms with van der Waals surface area (Å²) in [6.07, 6.45) is 1.37. The maximum atomic E-state index is 11.9. The SMILES string of the molecule is Cc1cccc(C(=O)NCc2ccc(S(N)(=O)=O)nc2)c1. The van der Waals surface area contributed by atoms with Crippen molar-refractivity contribution in [1.82, 2.24) is 10.3 Å². The molecule has 21 heavy (non-hydrogen) atoms. The van der Waals surface area contributed by atoms with Crippen molar-refractivity contribution in [3.05, 3.63) is 59.3 Å². The van der Waals surface area contributed by atoms with Gasteiger partial charge in [-0.2, -0.15) is 0 Å². The van der Waals surface area contributed by atoms with E-state index in [1.807, 2.05) is 19.1 Å². The maximum absolute atomic E-state index is 11.9. The molecule has 0 bridgehead atoms. The Labute approximate surface area is 123 Å². The van der Waals surface area contributed by atoms with Gasteiger partial charge in [0.15, 0.2) is 5.03 Å². The van der Waals surface area contributed by atoms with E-state index >= 15 is 0 Å². The van der Waals surface area contributed by atoms with Crippen LogP contribution in [0.1, 0.15) is 21.5 Å². The fraction of sp³-hybridized carbons (Fsp3) is 0.143. The molecule has 0 saturated heterocycles. The molecule has 6 nitrogen and oxygen atoms in total. The second kappa shape index (κ2) is 6.02. The van der Waals surface area contributed by atoms with Gasteiger partial charge in [-0.1, -0.05) is 23.8 Å².